The predicted octanol–water partition coefficient (Wildman–Crippen LogP) is 4.50. The summed E-state index contributed by atoms with van der Waals surface area (Å²) in [6.07, 6.45) is 9.56. The molecule has 0 spiro atoms. The normalized spacial score (nSPS) is 48.1. The van der Waals surface area contributed by atoms with Crippen molar-refractivity contribution in [2.24, 2.45) is 11.8 Å². The number of carbonyl (C=O) groups excluding carboxylic acids is 1. The van der Waals surface area contributed by atoms with Crippen LogP contribution in [0.5, 0.6) is 0 Å². The first kappa shape index (κ1) is 25.4. The molecule has 0 amide bonds. The van der Waals surface area contributed by atoms with Crippen LogP contribution in [0.25, 0.3) is 0 Å². The van der Waals surface area contributed by atoms with E-state index in [1.54, 1.807) is 0 Å². The molecule has 7 heteroatoms. The van der Waals surface area contributed by atoms with Crippen molar-refractivity contribution in [2.75, 3.05) is 13.2 Å². The van der Waals surface area contributed by atoms with Crippen LogP contribution in [0.3, 0.4) is 0 Å². The van der Waals surface area contributed by atoms with E-state index >= 15 is 0 Å². The number of carbonyl (C=O) groups is 1. The molecule has 0 saturated carbocycles. The number of Topliss-reactive ketones (excluding diaryl/α,β-unsaturated/α-hetero) is 1. The molecule has 6 aliphatic heterocycles. The Kier molecular flexibility index (Phi) is 7.34. The number of hydrogen-bond acceptors (Lipinski definition) is 7. The van der Waals surface area contributed by atoms with Crippen molar-refractivity contribution in [1.29, 1.82) is 0 Å². The van der Waals surface area contributed by atoms with E-state index in [0.717, 1.165) is 64.4 Å². The van der Waals surface area contributed by atoms with Gasteiger partial charge in [-0.25, -0.2) is 0 Å². The van der Waals surface area contributed by atoms with Crippen molar-refractivity contribution in [3.8, 4) is 0 Å². The number of ether oxygens (including phenoxy) is 6. The molecule has 11 atom stereocenters. The SMILES string of the molecule is C=C1C[C@H](CC[C@]23CC[C@H](O2)C2O[C@H]4CC[C@H](CC(=O)C[C@@H]5CCOC5)OC4[C@H](O3)[C@@H]2C)OC1CC. The van der Waals surface area contributed by atoms with E-state index in [2.05, 4.69) is 20.4 Å². The van der Waals surface area contributed by atoms with Gasteiger partial charge in [-0.3, -0.25) is 4.79 Å². The molecule has 36 heavy (non-hydrogen) atoms. The number of hydrogen-bond donors (Lipinski definition) is 0. The Morgan fingerprint density at radius 2 is 1.86 bits per heavy atom. The molecule has 0 N–H and O–H groups in total. The lowest BCUT2D eigenvalue weighted by atomic mass is 9.80. The predicted molar refractivity (Wildman–Crippen MR) is 133 cm³/mol. The Hall–Kier alpha value is -0.830. The summed E-state index contributed by atoms with van der Waals surface area (Å²) in [7, 11) is 0. The highest BCUT2D eigenvalue weighted by Crippen LogP contribution is 2.50. The van der Waals surface area contributed by atoms with E-state index < -0.39 is 5.79 Å². The minimum atomic E-state index is -0.597. The molecule has 3 unspecified atom stereocenters. The molecule has 4 bridgehead atoms. The second-order valence-corrected chi connectivity index (χ2v) is 12.2. The number of fused-ring (bicyclic) bond motifs is 7. The van der Waals surface area contributed by atoms with Crippen LogP contribution < -0.4 is 0 Å². The summed E-state index contributed by atoms with van der Waals surface area (Å²) in [5.74, 6) is 0.260. The lowest BCUT2D eigenvalue weighted by Gasteiger charge is -2.50. The zero-order valence-electron chi connectivity index (χ0n) is 22.0. The Balaban J connectivity index is 1.11. The summed E-state index contributed by atoms with van der Waals surface area (Å²) >= 11 is 0. The lowest BCUT2D eigenvalue weighted by molar-refractivity contribution is -0.288. The van der Waals surface area contributed by atoms with Gasteiger partial charge in [0, 0.05) is 44.8 Å². The van der Waals surface area contributed by atoms with Gasteiger partial charge in [0.05, 0.1) is 42.7 Å². The maximum atomic E-state index is 12.8. The maximum absolute atomic E-state index is 12.8. The van der Waals surface area contributed by atoms with Gasteiger partial charge in [-0.15, -0.1) is 0 Å². The second-order valence-electron chi connectivity index (χ2n) is 12.2. The van der Waals surface area contributed by atoms with Crippen LogP contribution in [0.15, 0.2) is 12.2 Å². The van der Waals surface area contributed by atoms with Crippen molar-refractivity contribution >= 4 is 5.78 Å². The first-order chi connectivity index (χ1) is 17.4. The largest absolute Gasteiger partial charge is 0.381 e. The van der Waals surface area contributed by atoms with Crippen molar-refractivity contribution in [2.45, 2.75) is 139 Å². The quantitative estimate of drug-likeness (QED) is 0.451. The fourth-order valence-corrected chi connectivity index (χ4v) is 7.59. The Morgan fingerprint density at radius 1 is 0.972 bits per heavy atom. The lowest BCUT2D eigenvalue weighted by Crippen LogP contribution is -2.60. The molecule has 0 radical (unpaired) electrons. The average Bonchev–Trinajstić information content (AvgIpc) is 3.59. The molecule has 0 aromatic heterocycles. The van der Waals surface area contributed by atoms with Gasteiger partial charge in [0.25, 0.3) is 0 Å². The highest BCUT2D eigenvalue weighted by atomic mass is 16.7. The molecule has 0 aromatic carbocycles. The van der Waals surface area contributed by atoms with Crippen LogP contribution in [-0.4, -0.2) is 73.6 Å². The van der Waals surface area contributed by atoms with Crippen LogP contribution in [0, 0.1) is 11.8 Å². The molecule has 0 aliphatic carbocycles. The van der Waals surface area contributed by atoms with Crippen LogP contribution >= 0.6 is 0 Å². The maximum Gasteiger partial charge on any atom is 0.169 e. The van der Waals surface area contributed by atoms with E-state index in [0.29, 0.717) is 31.1 Å². The third kappa shape index (κ3) is 4.96. The monoisotopic (exact) mass is 504 g/mol. The van der Waals surface area contributed by atoms with Gasteiger partial charge in [0.1, 0.15) is 11.9 Å². The summed E-state index contributed by atoms with van der Waals surface area (Å²) in [6, 6.07) is 0. The summed E-state index contributed by atoms with van der Waals surface area (Å²) in [5.41, 5.74) is 1.21. The highest BCUT2D eigenvalue weighted by Gasteiger charge is 2.59. The number of rotatable bonds is 8. The third-order valence-electron chi connectivity index (χ3n) is 9.59. The summed E-state index contributed by atoms with van der Waals surface area (Å²) in [4.78, 5) is 12.8. The van der Waals surface area contributed by atoms with Crippen molar-refractivity contribution in [3.05, 3.63) is 12.2 Å². The Bertz CT molecular complexity index is 824. The van der Waals surface area contributed by atoms with Crippen LogP contribution in [0.4, 0.5) is 0 Å². The fourth-order valence-electron chi connectivity index (χ4n) is 7.59. The fraction of sp³-hybridized carbons (Fsp3) is 0.897. The first-order valence-electron chi connectivity index (χ1n) is 14.5. The Morgan fingerprint density at radius 3 is 2.64 bits per heavy atom. The molecular weight excluding hydrogens is 460 g/mol. The summed E-state index contributed by atoms with van der Waals surface area (Å²) in [5, 5.41) is 0. The van der Waals surface area contributed by atoms with E-state index in [1.807, 2.05) is 0 Å². The summed E-state index contributed by atoms with van der Waals surface area (Å²) < 4.78 is 38.5. The molecule has 7 nitrogen and oxygen atoms in total. The van der Waals surface area contributed by atoms with Gasteiger partial charge in [-0.1, -0.05) is 20.4 Å². The van der Waals surface area contributed by atoms with Crippen LogP contribution in [-0.2, 0) is 33.2 Å². The number of ketones is 1. The van der Waals surface area contributed by atoms with E-state index in [-0.39, 0.29) is 54.7 Å². The zero-order valence-corrected chi connectivity index (χ0v) is 22.0. The van der Waals surface area contributed by atoms with Gasteiger partial charge >= 0.3 is 0 Å². The van der Waals surface area contributed by atoms with Crippen molar-refractivity contribution in [3.63, 3.8) is 0 Å². The smallest absolute Gasteiger partial charge is 0.169 e. The Labute approximate surface area is 215 Å². The molecule has 6 fully saturated rings. The van der Waals surface area contributed by atoms with Gasteiger partial charge < -0.3 is 28.4 Å². The van der Waals surface area contributed by atoms with E-state index in [9.17, 15) is 4.79 Å². The van der Waals surface area contributed by atoms with Gasteiger partial charge in [-0.05, 0) is 56.4 Å². The van der Waals surface area contributed by atoms with Crippen molar-refractivity contribution in [1.82, 2.24) is 0 Å². The third-order valence-corrected chi connectivity index (χ3v) is 9.59. The second kappa shape index (κ2) is 10.4. The molecule has 202 valence electrons. The van der Waals surface area contributed by atoms with E-state index in [4.69, 9.17) is 28.4 Å². The molecule has 6 aliphatic rings. The molecule has 6 rings (SSSR count). The van der Waals surface area contributed by atoms with Crippen molar-refractivity contribution < 1.29 is 33.2 Å². The zero-order chi connectivity index (χ0) is 24.9. The van der Waals surface area contributed by atoms with Gasteiger partial charge in [-0.2, -0.15) is 0 Å². The molecular formula is C29H44O7. The standard InChI is InChI=1S/C29H44O7/c1-4-23-17(2)13-22(32-23)7-10-29-11-8-25(35-29)26-18(3)27(36-29)28-24(34-26)6-5-21(33-28)15-20(30)14-19-9-12-31-16-19/h18-19,21-28H,2,4-16H2,1,3H3/t18-,19+,21-,22+,23?,24+,25+,26?,27-,28?,29+/m1/s1. The van der Waals surface area contributed by atoms with Gasteiger partial charge in [0.2, 0.25) is 0 Å². The van der Waals surface area contributed by atoms with E-state index in [1.165, 1.54) is 5.57 Å². The first-order valence-corrected chi connectivity index (χ1v) is 14.5. The van der Waals surface area contributed by atoms with Gasteiger partial charge in [0.15, 0.2) is 5.79 Å². The van der Waals surface area contributed by atoms with Crippen LogP contribution in [0.1, 0.15) is 84.5 Å². The highest BCUT2D eigenvalue weighted by molar-refractivity contribution is 5.79. The molecule has 0 aromatic rings. The molecule has 6 heterocycles. The average molecular weight is 505 g/mol. The summed E-state index contributed by atoms with van der Waals surface area (Å²) in [6.45, 7) is 10.1. The minimum Gasteiger partial charge on any atom is -0.381 e. The topological polar surface area (TPSA) is 72.5 Å². The molecule has 6 saturated heterocycles. The minimum absolute atomic E-state index is 0.0117. The van der Waals surface area contributed by atoms with Crippen LogP contribution in [0.2, 0.25) is 0 Å².